The van der Waals surface area contributed by atoms with E-state index < -0.39 is 6.04 Å². The summed E-state index contributed by atoms with van der Waals surface area (Å²) < 4.78 is 1.72. The molecule has 222 valence electrons. The molecule has 0 unspecified atom stereocenters. The van der Waals surface area contributed by atoms with Crippen molar-refractivity contribution in [2.24, 2.45) is 0 Å². The van der Waals surface area contributed by atoms with Crippen LogP contribution in [0.15, 0.2) is 59.7 Å². The maximum atomic E-state index is 13.7. The lowest BCUT2D eigenvalue weighted by Gasteiger charge is -2.40. The van der Waals surface area contributed by atoms with Crippen molar-refractivity contribution in [2.75, 3.05) is 29.9 Å². The molecule has 1 fully saturated rings. The van der Waals surface area contributed by atoms with E-state index in [0.29, 0.717) is 53.3 Å². The summed E-state index contributed by atoms with van der Waals surface area (Å²) in [5, 5.41) is 11.8. The molecule has 1 N–H and O–H groups in total. The molecule has 0 saturated carbocycles. The highest BCUT2D eigenvalue weighted by atomic mass is 32.1. The zero-order valence-corrected chi connectivity index (χ0v) is 26.1. The van der Waals surface area contributed by atoms with Gasteiger partial charge in [0.2, 0.25) is 5.91 Å². The van der Waals surface area contributed by atoms with Crippen LogP contribution in [0.1, 0.15) is 50.4 Å². The number of fused-ring (bicyclic) bond motifs is 1. The largest absolute Gasteiger partial charge is 0.344 e. The molecule has 1 amide bonds. The molecule has 0 aromatic carbocycles. The third-order valence-corrected chi connectivity index (χ3v) is 9.64. The Labute approximate surface area is 258 Å². The van der Waals surface area contributed by atoms with E-state index in [2.05, 4.69) is 41.1 Å². The van der Waals surface area contributed by atoms with Crippen molar-refractivity contribution in [1.29, 1.82) is 0 Å². The summed E-state index contributed by atoms with van der Waals surface area (Å²) in [5.41, 5.74) is 3.42. The van der Waals surface area contributed by atoms with Gasteiger partial charge in [0.25, 0.3) is 0 Å². The number of hydrogen-bond donors (Lipinski definition) is 1. The van der Waals surface area contributed by atoms with E-state index in [1.54, 1.807) is 28.2 Å². The molecule has 1 aliphatic heterocycles. The third-order valence-electron chi connectivity index (χ3n) is 8.06. The number of rotatable bonds is 12. The topological polar surface area (TPSA) is 109 Å². The average Bonchev–Trinajstić information content (AvgIpc) is 3.78. The Morgan fingerprint density at radius 1 is 1.12 bits per heavy atom. The molecule has 12 heteroatoms. The van der Waals surface area contributed by atoms with E-state index in [4.69, 9.17) is 9.97 Å². The lowest BCUT2D eigenvalue weighted by atomic mass is 9.99. The van der Waals surface area contributed by atoms with Gasteiger partial charge in [-0.05, 0) is 62.5 Å². The standard InChI is InChI=1S/C31H34N8O2S2/c1-4-37(5-2)20(3)8-9-26(40)21-17-24(22-19-33-39-14-10-23(35-29(22)39)27-7-6-15-42-27)34-28(18-21)38-13-11-25(38)30(41)36-31-32-12-16-43-31/h6-7,10,12,14-20,25H,4-5,8-9,11,13H2,1-3H3,(H,32,36,41)/t20-,25-/m0/s1. The Morgan fingerprint density at radius 3 is 2.67 bits per heavy atom. The Morgan fingerprint density at radius 2 is 1.98 bits per heavy atom. The highest BCUT2D eigenvalue weighted by Crippen LogP contribution is 2.33. The number of thiophene rings is 1. The summed E-state index contributed by atoms with van der Waals surface area (Å²) in [5.74, 6) is 0.515. The van der Waals surface area contributed by atoms with Crippen molar-refractivity contribution in [3.8, 4) is 21.8 Å². The van der Waals surface area contributed by atoms with Crippen molar-refractivity contribution < 1.29 is 9.59 Å². The second-order valence-corrected chi connectivity index (χ2v) is 12.4. The van der Waals surface area contributed by atoms with E-state index in [1.165, 1.54) is 11.3 Å². The predicted molar refractivity (Wildman–Crippen MR) is 172 cm³/mol. The van der Waals surface area contributed by atoms with Gasteiger partial charge in [-0.3, -0.25) is 9.59 Å². The second-order valence-electron chi connectivity index (χ2n) is 10.6. The quantitative estimate of drug-likeness (QED) is 0.174. The molecule has 6 rings (SSSR count). The zero-order valence-electron chi connectivity index (χ0n) is 24.4. The molecular formula is C31H34N8O2S2. The van der Waals surface area contributed by atoms with Crippen LogP contribution in [0, 0.1) is 0 Å². The van der Waals surface area contributed by atoms with Crippen LogP contribution in [0.25, 0.3) is 27.5 Å². The van der Waals surface area contributed by atoms with Crippen LogP contribution in [-0.2, 0) is 4.79 Å². The number of nitrogens with zero attached hydrogens (tertiary/aromatic N) is 7. The minimum absolute atomic E-state index is 0.0527. The number of carbonyl (C=O) groups is 2. The Bertz CT molecular complexity index is 1710. The summed E-state index contributed by atoms with van der Waals surface area (Å²) in [7, 11) is 0. The number of amides is 1. The summed E-state index contributed by atoms with van der Waals surface area (Å²) in [4.78, 5) is 46.2. The van der Waals surface area contributed by atoms with Crippen LogP contribution < -0.4 is 10.2 Å². The van der Waals surface area contributed by atoms with E-state index >= 15 is 0 Å². The van der Waals surface area contributed by atoms with Crippen molar-refractivity contribution in [1.82, 2.24) is 29.5 Å². The Balaban J connectivity index is 1.35. The average molecular weight is 615 g/mol. The van der Waals surface area contributed by atoms with E-state index in [-0.39, 0.29) is 11.7 Å². The fourth-order valence-corrected chi connectivity index (χ4v) is 6.72. The molecule has 1 saturated heterocycles. The highest BCUT2D eigenvalue weighted by Gasteiger charge is 2.36. The molecule has 0 bridgehead atoms. The van der Waals surface area contributed by atoms with Gasteiger partial charge in [-0.1, -0.05) is 19.9 Å². The van der Waals surface area contributed by atoms with Gasteiger partial charge >= 0.3 is 0 Å². The fourth-order valence-electron chi connectivity index (χ4n) is 5.50. The van der Waals surface area contributed by atoms with Gasteiger partial charge < -0.3 is 15.1 Å². The first-order valence-electron chi connectivity index (χ1n) is 14.6. The Hall–Kier alpha value is -4.00. The molecule has 0 spiro atoms. The van der Waals surface area contributed by atoms with Crippen molar-refractivity contribution >= 4 is 51.0 Å². The maximum absolute atomic E-state index is 13.7. The number of hydrogen-bond acceptors (Lipinski definition) is 10. The van der Waals surface area contributed by atoms with Gasteiger partial charge in [0, 0.05) is 42.3 Å². The zero-order chi connectivity index (χ0) is 29.9. The van der Waals surface area contributed by atoms with Crippen LogP contribution in [0.5, 0.6) is 0 Å². The number of aromatic nitrogens is 5. The maximum Gasteiger partial charge on any atom is 0.248 e. The number of pyridine rings is 1. The molecule has 10 nitrogen and oxygen atoms in total. The SMILES string of the molecule is CCN(CC)[C@@H](C)CCC(=O)c1cc(-c2cnn3ccc(-c4cccs4)nc23)nc(N2CC[C@H]2C(=O)Nc2nccs2)c1. The van der Waals surface area contributed by atoms with Crippen LogP contribution in [-0.4, -0.2) is 72.9 Å². The number of Topliss-reactive ketones (excluding diaryl/α,β-unsaturated/α-hetero) is 1. The lowest BCUT2D eigenvalue weighted by Crippen LogP contribution is -2.55. The predicted octanol–water partition coefficient (Wildman–Crippen LogP) is 5.89. The molecule has 1 aliphatic rings. The number of thiazole rings is 1. The minimum Gasteiger partial charge on any atom is -0.344 e. The minimum atomic E-state index is -0.398. The molecule has 0 aliphatic carbocycles. The van der Waals surface area contributed by atoms with E-state index in [9.17, 15) is 9.59 Å². The van der Waals surface area contributed by atoms with Crippen molar-refractivity contribution in [3.63, 3.8) is 0 Å². The number of ketones is 1. The Kier molecular flexibility index (Phi) is 8.59. The molecule has 0 radical (unpaired) electrons. The van der Waals surface area contributed by atoms with E-state index in [0.717, 1.165) is 35.6 Å². The van der Waals surface area contributed by atoms with Crippen LogP contribution in [0.4, 0.5) is 10.9 Å². The monoisotopic (exact) mass is 614 g/mol. The first-order chi connectivity index (χ1) is 20.9. The normalized spacial score (nSPS) is 15.5. The summed E-state index contributed by atoms with van der Waals surface area (Å²) in [6, 6.07) is 9.55. The van der Waals surface area contributed by atoms with Crippen molar-refractivity contribution in [2.45, 2.75) is 52.1 Å². The first kappa shape index (κ1) is 29.1. The third kappa shape index (κ3) is 6.08. The second kappa shape index (κ2) is 12.7. The van der Waals surface area contributed by atoms with Crippen LogP contribution in [0.2, 0.25) is 0 Å². The molecule has 6 heterocycles. The number of anilines is 2. The van der Waals surface area contributed by atoms with Crippen molar-refractivity contribution in [3.05, 3.63) is 65.2 Å². The van der Waals surface area contributed by atoms with Gasteiger partial charge in [0.1, 0.15) is 11.9 Å². The van der Waals surface area contributed by atoms with Gasteiger partial charge in [0.15, 0.2) is 16.6 Å². The number of nitrogens with one attached hydrogen (secondary N) is 1. The summed E-state index contributed by atoms with van der Waals surface area (Å²) >= 11 is 3.01. The van der Waals surface area contributed by atoms with Crippen LogP contribution in [0.3, 0.4) is 0 Å². The molecule has 2 atom stereocenters. The van der Waals surface area contributed by atoms with Gasteiger partial charge in [-0.2, -0.15) is 5.10 Å². The summed E-state index contributed by atoms with van der Waals surface area (Å²) in [6.45, 7) is 9.02. The summed E-state index contributed by atoms with van der Waals surface area (Å²) in [6.07, 6.45) is 7.17. The first-order valence-corrected chi connectivity index (χ1v) is 16.4. The van der Waals surface area contributed by atoms with Gasteiger partial charge in [0.05, 0.1) is 28.0 Å². The highest BCUT2D eigenvalue weighted by molar-refractivity contribution is 7.14. The lowest BCUT2D eigenvalue weighted by molar-refractivity contribution is -0.118. The fraction of sp³-hybridized carbons (Fsp3) is 0.355. The van der Waals surface area contributed by atoms with Crippen LogP contribution >= 0.6 is 22.7 Å². The molecule has 43 heavy (non-hydrogen) atoms. The van der Waals surface area contributed by atoms with Gasteiger partial charge in [-0.15, -0.1) is 22.7 Å². The number of carbonyl (C=O) groups excluding carboxylic acids is 2. The molecular weight excluding hydrogens is 581 g/mol. The van der Waals surface area contributed by atoms with E-state index in [1.807, 2.05) is 52.2 Å². The smallest absolute Gasteiger partial charge is 0.248 e. The molecule has 5 aromatic rings. The van der Waals surface area contributed by atoms with Gasteiger partial charge in [-0.25, -0.2) is 19.5 Å². The molecule has 5 aromatic heterocycles.